The predicted octanol–water partition coefficient (Wildman–Crippen LogP) is 1.88. The molecule has 2 N–H and O–H groups in total. The smallest absolute Gasteiger partial charge is 0.242 e. The van der Waals surface area contributed by atoms with Gasteiger partial charge in [-0.15, -0.1) is 0 Å². The van der Waals surface area contributed by atoms with Gasteiger partial charge in [0.15, 0.2) is 0 Å². The number of hydrogen-bond donors (Lipinski definition) is 2. The molecule has 1 aromatic carbocycles. The molecule has 0 bridgehead atoms. The molecule has 0 radical (unpaired) electrons. The highest BCUT2D eigenvalue weighted by Gasteiger charge is 2.25. The monoisotopic (exact) mass is 311 g/mol. The molecule has 0 heterocycles. The summed E-state index contributed by atoms with van der Waals surface area (Å²) in [5.74, 6) is 0. The van der Waals surface area contributed by atoms with Crippen molar-refractivity contribution < 1.29 is 8.42 Å². The van der Waals surface area contributed by atoms with Crippen molar-refractivity contribution in [3.05, 3.63) is 24.3 Å². The Labute approximate surface area is 127 Å². The van der Waals surface area contributed by atoms with Gasteiger partial charge in [-0.25, -0.2) is 13.1 Å². The maximum absolute atomic E-state index is 12.3. The lowest BCUT2D eigenvalue weighted by molar-refractivity contribution is 0.337. The van der Waals surface area contributed by atoms with Gasteiger partial charge in [0.1, 0.15) is 4.90 Å². The van der Waals surface area contributed by atoms with E-state index >= 15 is 0 Å². The van der Waals surface area contributed by atoms with Crippen LogP contribution in [0.3, 0.4) is 0 Å². The number of sulfonamides is 1. The van der Waals surface area contributed by atoms with Crippen LogP contribution >= 0.6 is 0 Å². The summed E-state index contributed by atoms with van der Waals surface area (Å²) in [7, 11) is -1.36. The van der Waals surface area contributed by atoms with Crippen molar-refractivity contribution in [1.29, 1.82) is 0 Å². The summed E-state index contributed by atoms with van der Waals surface area (Å²) in [6, 6.07) is 7.64. The minimum absolute atomic E-state index is 0.121. The van der Waals surface area contributed by atoms with Crippen LogP contribution in [0.5, 0.6) is 0 Å². The van der Waals surface area contributed by atoms with Crippen LogP contribution in [-0.4, -0.2) is 45.5 Å². The van der Waals surface area contributed by atoms with E-state index < -0.39 is 10.0 Å². The molecule has 0 aliphatic heterocycles. The first-order chi connectivity index (χ1) is 9.90. The van der Waals surface area contributed by atoms with Crippen LogP contribution in [0.25, 0.3) is 0 Å². The van der Waals surface area contributed by atoms with Crippen LogP contribution in [0.15, 0.2) is 29.2 Å². The highest BCUT2D eigenvalue weighted by Crippen LogP contribution is 2.25. The Morgan fingerprint density at radius 1 is 1.29 bits per heavy atom. The first-order valence-electron chi connectivity index (χ1n) is 7.45. The third-order valence-electron chi connectivity index (χ3n) is 3.52. The molecule has 5 nitrogen and oxygen atoms in total. The molecule has 21 heavy (non-hydrogen) atoms. The number of hydrogen-bond acceptors (Lipinski definition) is 4. The van der Waals surface area contributed by atoms with Crippen LogP contribution in [0, 0.1) is 0 Å². The summed E-state index contributed by atoms with van der Waals surface area (Å²) >= 11 is 0. The van der Waals surface area contributed by atoms with Gasteiger partial charge in [0.2, 0.25) is 10.0 Å². The second-order valence-electron chi connectivity index (χ2n) is 5.91. The second kappa shape index (κ2) is 6.77. The Bertz CT molecular complexity index is 568. The van der Waals surface area contributed by atoms with Crippen molar-refractivity contribution in [3.8, 4) is 0 Å². The zero-order chi connectivity index (χ0) is 15.5. The van der Waals surface area contributed by atoms with Crippen molar-refractivity contribution >= 4 is 15.7 Å². The highest BCUT2D eigenvalue weighted by molar-refractivity contribution is 7.89. The zero-order valence-corrected chi connectivity index (χ0v) is 13.8. The molecule has 1 aromatic rings. The Kier molecular flexibility index (Phi) is 5.24. The van der Waals surface area contributed by atoms with Gasteiger partial charge in [0.05, 0.1) is 5.69 Å². The molecule has 1 saturated carbocycles. The van der Waals surface area contributed by atoms with Crippen LogP contribution in [0.1, 0.15) is 26.7 Å². The molecule has 0 unspecified atom stereocenters. The number of likely N-dealkylation sites (N-methyl/N-ethyl adjacent to an activating group) is 1. The highest BCUT2D eigenvalue weighted by atomic mass is 32.2. The van der Waals surface area contributed by atoms with E-state index in [9.17, 15) is 8.42 Å². The Hall–Kier alpha value is -1.11. The zero-order valence-electron chi connectivity index (χ0n) is 13.0. The second-order valence-corrected chi connectivity index (χ2v) is 7.59. The van der Waals surface area contributed by atoms with Gasteiger partial charge in [-0.1, -0.05) is 12.1 Å². The number of rotatable bonds is 8. The van der Waals surface area contributed by atoms with Gasteiger partial charge in [-0.05, 0) is 45.9 Å². The molecular formula is C15H25N3O2S. The fourth-order valence-corrected chi connectivity index (χ4v) is 3.72. The molecule has 6 heteroatoms. The molecule has 2 rings (SSSR count). The first kappa shape index (κ1) is 16.3. The summed E-state index contributed by atoms with van der Waals surface area (Å²) in [4.78, 5) is 2.63. The SMILES string of the molecule is CC(C)NS(=O)(=O)c1ccccc1NCCN(C)C1CC1. The lowest BCUT2D eigenvalue weighted by atomic mass is 10.3. The van der Waals surface area contributed by atoms with Gasteiger partial charge < -0.3 is 10.2 Å². The third-order valence-corrected chi connectivity index (χ3v) is 5.23. The molecule has 0 amide bonds. The fraction of sp³-hybridized carbons (Fsp3) is 0.600. The molecule has 118 valence electrons. The summed E-state index contributed by atoms with van der Waals surface area (Å²) in [6.07, 6.45) is 2.56. The van der Waals surface area contributed by atoms with E-state index in [1.807, 2.05) is 26.0 Å². The van der Waals surface area contributed by atoms with Crippen LogP contribution in [-0.2, 0) is 10.0 Å². The van der Waals surface area contributed by atoms with Gasteiger partial charge in [-0.2, -0.15) is 0 Å². The molecule has 0 saturated heterocycles. The normalized spacial score (nSPS) is 15.7. The number of para-hydroxylation sites is 1. The van der Waals surface area contributed by atoms with Gasteiger partial charge in [0.25, 0.3) is 0 Å². The van der Waals surface area contributed by atoms with Gasteiger partial charge in [0, 0.05) is 25.2 Å². The van der Waals surface area contributed by atoms with Gasteiger partial charge >= 0.3 is 0 Å². The van der Waals surface area contributed by atoms with E-state index in [-0.39, 0.29) is 6.04 Å². The third kappa shape index (κ3) is 4.69. The molecular weight excluding hydrogens is 286 g/mol. The Morgan fingerprint density at radius 2 is 1.95 bits per heavy atom. The van der Waals surface area contributed by atoms with E-state index in [4.69, 9.17) is 0 Å². The topological polar surface area (TPSA) is 61.4 Å². The van der Waals surface area contributed by atoms with Crippen molar-refractivity contribution in [2.75, 3.05) is 25.5 Å². The maximum atomic E-state index is 12.3. The minimum atomic E-state index is -3.47. The Balaban J connectivity index is 2.02. The summed E-state index contributed by atoms with van der Waals surface area (Å²) in [5, 5.41) is 3.25. The number of benzene rings is 1. The summed E-state index contributed by atoms with van der Waals surface area (Å²) in [6.45, 7) is 5.29. The van der Waals surface area contributed by atoms with Gasteiger partial charge in [-0.3, -0.25) is 0 Å². The molecule has 0 spiro atoms. The lowest BCUT2D eigenvalue weighted by Gasteiger charge is -2.18. The molecule has 0 aromatic heterocycles. The lowest BCUT2D eigenvalue weighted by Crippen LogP contribution is -2.31. The average molecular weight is 311 g/mol. The van der Waals surface area contributed by atoms with E-state index in [2.05, 4.69) is 22.0 Å². The maximum Gasteiger partial charge on any atom is 0.242 e. The first-order valence-corrected chi connectivity index (χ1v) is 8.94. The van der Waals surface area contributed by atoms with Crippen molar-refractivity contribution in [3.63, 3.8) is 0 Å². The van der Waals surface area contributed by atoms with Crippen molar-refractivity contribution in [1.82, 2.24) is 9.62 Å². The fourth-order valence-electron chi connectivity index (χ4n) is 2.29. The molecule has 0 atom stereocenters. The number of nitrogens with zero attached hydrogens (tertiary/aromatic N) is 1. The molecule has 1 aliphatic rings. The summed E-state index contributed by atoms with van der Waals surface area (Å²) < 4.78 is 27.3. The van der Waals surface area contributed by atoms with E-state index in [0.29, 0.717) is 16.6 Å². The van der Waals surface area contributed by atoms with Crippen molar-refractivity contribution in [2.24, 2.45) is 0 Å². The van der Waals surface area contributed by atoms with Crippen LogP contribution < -0.4 is 10.0 Å². The number of nitrogens with one attached hydrogen (secondary N) is 2. The quantitative estimate of drug-likeness (QED) is 0.769. The largest absolute Gasteiger partial charge is 0.383 e. The van der Waals surface area contributed by atoms with E-state index in [1.165, 1.54) is 12.8 Å². The molecule has 1 aliphatic carbocycles. The van der Waals surface area contributed by atoms with Crippen LogP contribution in [0.4, 0.5) is 5.69 Å². The predicted molar refractivity (Wildman–Crippen MR) is 86.0 cm³/mol. The Morgan fingerprint density at radius 3 is 2.57 bits per heavy atom. The van der Waals surface area contributed by atoms with E-state index in [0.717, 1.165) is 13.1 Å². The average Bonchev–Trinajstić information content (AvgIpc) is 3.21. The van der Waals surface area contributed by atoms with E-state index in [1.54, 1.807) is 12.1 Å². The molecule has 1 fully saturated rings. The van der Waals surface area contributed by atoms with Crippen molar-refractivity contribution in [2.45, 2.75) is 43.7 Å². The number of anilines is 1. The minimum Gasteiger partial charge on any atom is -0.383 e. The standard InChI is InChI=1S/C15H25N3O2S/c1-12(2)17-21(19,20)15-7-5-4-6-14(15)16-10-11-18(3)13-8-9-13/h4-7,12-13,16-17H,8-11H2,1-3H3. The van der Waals surface area contributed by atoms with Crippen LogP contribution in [0.2, 0.25) is 0 Å². The summed E-state index contributed by atoms with van der Waals surface area (Å²) in [5.41, 5.74) is 0.662.